The van der Waals surface area contributed by atoms with Gasteiger partial charge in [-0.2, -0.15) is 4.98 Å². The van der Waals surface area contributed by atoms with E-state index >= 15 is 0 Å². The van der Waals surface area contributed by atoms with E-state index < -0.39 is 0 Å². The molecule has 7 nitrogen and oxygen atoms in total. The molecule has 1 saturated carbocycles. The van der Waals surface area contributed by atoms with E-state index in [4.69, 9.17) is 9.97 Å². The number of nitrogens with zero attached hydrogens (tertiary/aromatic N) is 4. The molecule has 152 valence electrons. The number of aromatic nitrogens is 4. The summed E-state index contributed by atoms with van der Waals surface area (Å²) in [7, 11) is 0. The van der Waals surface area contributed by atoms with E-state index in [1.807, 2.05) is 6.07 Å². The van der Waals surface area contributed by atoms with Crippen LogP contribution in [0.3, 0.4) is 0 Å². The molecule has 5 rings (SSSR count). The van der Waals surface area contributed by atoms with Crippen molar-refractivity contribution in [3.8, 4) is 0 Å². The molecule has 0 bridgehead atoms. The molecular formula is C21H26FN7. The van der Waals surface area contributed by atoms with Gasteiger partial charge in [-0.15, -0.1) is 0 Å². The van der Waals surface area contributed by atoms with Crippen molar-refractivity contribution < 1.29 is 4.39 Å². The Labute approximate surface area is 169 Å². The van der Waals surface area contributed by atoms with Crippen molar-refractivity contribution in [3.63, 3.8) is 0 Å². The molecule has 1 aliphatic heterocycles. The fourth-order valence-corrected chi connectivity index (χ4v) is 4.40. The van der Waals surface area contributed by atoms with E-state index in [9.17, 15) is 4.39 Å². The fraction of sp³-hybridized carbons (Fsp3) is 0.476. The molecular weight excluding hydrogens is 369 g/mol. The summed E-state index contributed by atoms with van der Waals surface area (Å²) in [5, 5.41) is 10.1. The first-order chi connectivity index (χ1) is 14.3. The first kappa shape index (κ1) is 18.3. The minimum absolute atomic E-state index is 0.254. The van der Waals surface area contributed by atoms with Crippen molar-refractivity contribution in [2.75, 3.05) is 23.7 Å². The molecule has 0 radical (unpaired) electrons. The summed E-state index contributed by atoms with van der Waals surface area (Å²) in [4.78, 5) is 14.0. The number of halogens is 1. The standard InChI is InChI=1S/C21H26FN7/c22-16-7-3-4-8-17(16)26-21-27-18-13-24-20(25-14-5-1-2-6-14)28-19(18)29(21)15-9-11-23-12-10-15/h3-4,7-8,13-15,23H,1-2,5-6,9-12H2,(H,26,27)(H,24,25,28). The van der Waals surface area contributed by atoms with Crippen molar-refractivity contribution in [1.82, 2.24) is 24.8 Å². The topological polar surface area (TPSA) is 79.7 Å². The minimum atomic E-state index is -0.300. The van der Waals surface area contributed by atoms with Crippen LogP contribution in [0.2, 0.25) is 0 Å². The lowest BCUT2D eigenvalue weighted by Crippen LogP contribution is -2.30. The Morgan fingerprint density at radius 1 is 1.03 bits per heavy atom. The highest BCUT2D eigenvalue weighted by atomic mass is 19.1. The van der Waals surface area contributed by atoms with E-state index in [0.29, 0.717) is 23.6 Å². The van der Waals surface area contributed by atoms with E-state index in [-0.39, 0.29) is 11.9 Å². The third-order valence-electron chi connectivity index (χ3n) is 5.92. The van der Waals surface area contributed by atoms with E-state index in [1.165, 1.54) is 18.9 Å². The van der Waals surface area contributed by atoms with Gasteiger partial charge in [0.15, 0.2) is 5.65 Å². The third-order valence-corrected chi connectivity index (χ3v) is 5.92. The summed E-state index contributed by atoms with van der Waals surface area (Å²) in [6, 6.07) is 7.36. The van der Waals surface area contributed by atoms with Crippen LogP contribution in [0.4, 0.5) is 22.0 Å². The Bertz CT molecular complexity index is 990. The highest BCUT2D eigenvalue weighted by Crippen LogP contribution is 2.31. The van der Waals surface area contributed by atoms with Crippen molar-refractivity contribution >= 4 is 28.7 Å². The molecule has 2 aliphatic rings. The first-order valence-corrected chi connectivity index (χ1v) is 10.5. The Morgan fingerprint density at radius 3 is 2.62 bits per heavy atom. The number of imidazole rings is 1. The Kier molecular flexibility index (Phi) is 5.01. The minimum Gasteiger partial charge on any atom is -0.351 e. The number of fused-ring (bicyclic) bond motifs is 1. The monoisotopic (exact) mass is 395 g/mol. The van der Waals surface area contributed by atoms with Crippen LogP contribution >= 0.6 is 0 Å². The fourth-order valence-electron chi connectivity index (χ4n) is 4.40. The van der Waals surface area contributed by atoms with Gasteiger partial charge in [0.25, 0.3) is 0 Å². The molecule has 1 aromatic carbocycles. The summed E-state index contributed by atoms with van der Waals surface area (Å²) in [5.74, 6) is 0.965. The van der Waals surface area contributed by atoms with Gasteiger partial charge in [0.05, 0.1) is 11.9 Å². The zero-order chi connectivity index (χ0) is 19.6. The van der Waals surface area contributed by atoms with Gasteiger partial charge >= 0.3 is 0 Å². The first-order valence-electron chi connectivity index (χ1n) is 10.5. The Hall–Kier alpha value is -2.74. The van der Waals surface area contributed by atoms with Crippen LogP contribution in [0.15, 0.2) is 30.5 Å². The molecule has 2 fully saturated rings. The molecule has 8 heteroatoms. The summed E-state index contributed by atoms with van der Waals surface area (Å²) in [6.45, 7) is 1.89. The normalized spacial score (nSPS) is 18.4. The van der Waals surface area contributed by atoms with Crippen LogP contribution in [0.1, 0.15) is 44.6 Å². The van der Waals surface area contributed by atoms with Crippen LogP contribution in [-0.2, 0) is 0 Å². The number of anilines is 3. The van der Waals surface area contributed by atoms with E-state index in [2.05, 4.69) is 25.5 Å². The number of rotatable bonds is 5. The van der Waals surface area contributed by atoms with Crippen molar-refractivity contribution in [2.45, 2.75) is 50.6 Å². The van der Waals surface area contributed by atoms with Crippen LogP contribution in [0.25, 0.3) is 11.2 Å². The molecule has 3 N–H and O–H groups in total. The number of piperidine rings is 1. The summed E-state index contributed by atoms with van der Waals surface area (Å²) in [5.41, 5.74) is 1.93. The Balaban J connectivity index is 1.54. The lowest BCUT2D eigenvalue weighted by Gasteiger charge is -2.26. The molecule has 3 aromatic rings. The van der Waals surface area contributed by atoms with E-state index in [0.717, 1.165) is 49.9 Å². The predicted octanol–water partition coefficient (Wildman–Crippen LogP) is 3.99. The van der Waals surface area contributed by atoms with Gasteiger partial charge in [-0.1, -0.05) is 25.0 Å². The quantitative estimate of drug-likeness (QED) is 0.606. The van der Waals surface area contributed by atoms with Gasteiger partial charge < -0.3 is 16.0 Å². The highest BCUT2D eigenvalue weighted by Gasteiger charge is 2.24. The summed E-state index contributed by atoms with van der Waals surface area (Å²) >= 11 is 0. The van der Waals surface area contributed by atoms with Crippen LogP contribution < -0.4 is 16.0 Å². The third kappa shape index (κ3) is 3.76. The van der Waals surface area contributed by atoms with Gasteiger partial charge in [0.2, 0.25) is 11.9 Å². The predicted molar refractivity (Wildman–Crippen MR) is 112 cm³/mol. The maximum atomic E-state index is 14.2. The number of benzene rings is 1. The average molecular weight is 395 g/mol. The second-order valence-corrected chi connectivity index (χ2v) is 7.92. The lowest BCUT2D eigenvalue weighted by atomic mass is 10.1. The Morgan fingerprint density at radius 2 is 1.83 bits per heavy atom. The smallest absolute Gasteiger partial charge is 0.224 e. The number of para-hydroxylation sites is 1. The van der Waals surface area contributed by atoms with Crippen LogP contribution in [0.5, 0.6) is 0 Å². The van der Waals surface area contributed by atoms with Gasteiger partial charge in [-0.05, 0) is 50.9 Å². The van der Waals surface area contributed by atoms with Gasteiger partial charge in [-0.25, -0.2) is 14.4 Å². The van der Waals surface area contributed by atoms with E-state index in [1.54, 1.807) is 18.3 Å². The molecule has 29 heavy (non-hydrogen) atoms. The van der Waals surface area contributed by atoms with Crippen molar-refractivity contribution in [2.24, 2.45) is 0 Å². The maximum Gasteiger partial charge on any atom is 0.224 e. The molecule has 1 aliphatic carbocycles. The summed E-state index contributed by atoms with van der Waals surface area (Å²) in [6.07, 6.45) is 8.56. The van der Waals surface area contributed by atoms with Crippen molar-refractivity contribution in [3.05, 3.63) is 36.3 Å². The maximum absolute atomic E-state index is 14.2. The summed E-state index contributed by atoms with van der Waals surface area (Å²) < 4.78 is 16.4. The van der Waals surface area contributed by atoms with Gasteiger partial charge in [-0.3, -0.25) is 4.57 Å². The van der Waals surface area contributed by atoms with Crippen LogP contribution in [0, 0.1) is 5.82 Å². The number of hydrogen-bond acceptors (Lipinski definition) is 6. The lowest BCUT2D eigenvalue weighted by molar-refractivity contribution is 0.376. The SMILES string of the molecule is Fc1ccccc1Nc1nc2cnc(NC3CCCC3)nc2n1C1CCNCC1. The second-order valence-electron chi connectivity index (χ2n) is 7.92. The second kappa shape index (κ2) is 7.94. The molecule has 2 aromatic heterocycles. The number of hydrogen-bond donors (Lipinski definition) is 3. The average Bonchev–Trinajstić information content (AvgIpc) is 3.37. The zero-order valence-corrected chi connectivity index (χ0v) is 16.4. The van der Waals surface area contributed by atoms with Gasteiger partial charge in [0.1, 0.15) is 11.3 Å². The van der Waals surface area contributed by atoms with Crippen LogP contribution in [-0.4, -0.2) is 38.7 Å². The van der Waals surface area contributed by atoms with Crippen molar-refractivity contribution in [1.29, 1.82) is 0 Å². The highest BCUT2D eigenvalue weighted by molar-refractivity contribution is 5.76. The zero-order valence-electron chi connectivity index (χ0n) is 16.4. The molecule has 0 amide bonds. The molecule has 0 spiro atoms. The number of nitrogens with one attached hydrogen (secondary N) is 3. The van der Waals surface area contributed by atoms with Gasteiger partial charge in [0, 0.05) is 12.1 Å². The molecule has 0 atom stereocenters. The molecule has 1 saturated heterocycles. The largest absolute Gasteiger partial charge is 0.351 e. The molecule has 3 heterocycles. The molecule has 0 unspecified atom stereocenters.